The Hall–Kier alpha value is -3.61. The van der Waals surface area contributed by atoms with Gasteiger partial charge in [0.1, 0.15) is 5.75 Å². The largest absolute Gasteiger partial charge is 0.482 e. The Morgan fingerprint density at radius 2 is 1.86 bits per heavy atom. The van der Waals surface area contributed by atoms with E-state index in [0.29, 0.717) is 22.7 Å². The summed E-state index contributed by atoms with van der Waals surface area (Å²) in [6.45, 7) is 5.86. The summed E-state index contributed by atoms with van der Waals surface area (Å²) in [5, 5.41) is 2.83. The lowest BCUT2D eigenvalue weighted by atomic mass is 10.1. The lowest BCUT2D eigenvalue weighted by Gasteiger charge is -2.17. The van der Waals surface area contributed by atoms with E-state index in [1.54, 1.807) is 24.3 Å². The van der Waals surface area contributed by atoms with Gasteiger partial charge in [0.25, 0.3) is 5.91 Å². The number of aryl methyl sites for hydroxylation is 1. The Morgan fingerprint density at radius 3 is 2.52 bits per heavy atom. The minimum absolute atomic E-state index is 0.137. The van der Waals surface area contributed by atoms with Crippen LogP contribution in [0.25, 0.3) is 5.70 Å². The number of amides is 2. The van der Waals surface area contributed by atoms with Crippen molar-refractivity contribution in [2.45, 2.75) is 13.3 Å². The molecule has 0 bridgehead atoms. The second-order valence-corrected chi connectivity index (χ2v) is 6.59. The first kappa shape index (κ1) is 20.1. The van der Waals surface area contributed by atoms with Gasteiger partial charge in [-0.2, -0.15) is 0 Å². The second kappa shape index (κ2) is 8.60. The molecule has 0 atom stereocenters. The van der Waals surface area contributed by atoms with Crippen molar-refractivity contribution in [2.75, 3.05) is 25.6 Å². The van der Waals surface area contributed by atoms with Crippen LogP contribution in [0.3, 0.4) is 0 Å². The maximum absolute atomic E-state index is 12.5. The first-order valence-corrected chi connectivity index (χ1v) is 9.11. The predicted octanol–water partition coefficient (Wildman–Crippen LogP) is 3.00. The van der Waals surface area contributed by atoms with Gasteiger partial charge in [0.2, 0.25) is 5.91 Å². The van der Waals surface area contributed by atoms with Crippen LogP contribution in [0.15, 0.2) is 49.0 Å². The van der Waals surface area contributed by atoms with E-state index >= 15 is 0 Å². The van der Waals surface area contributed by atoms with E-state index in [0.717, 1.165) is 11.1 Å². The van der Waals surface area contributed by atoms with E-state index in [1.165, 1.54) is 12.0 Å². The van der Waals surface area contributed by atoms with Crippen molar-refractivity contribution in [1.82, 2.24) is 4.90 Å². The van der Waals surface area contributed by atoms with Gasteiger partial charge in [-0.25, -0.2) is 4.79 Å². The van der Waals surface area contributed by atoms with Gasteiger partial charge in [-0.3, -0.25) is 9.59 Å². The number of rotatable bonds is 7. The lowest BCUT2D eigenvalue weighted by molar-refractivity contribution is -0.142. The molecule has 0 spiro atoms. The van der Waals surface area contributed by atoms with Gasteiger partial charge < -0.3 is 19.7 Å². The van der Waals surface area contributed by atoms with Crippen LogP contribution in [0.5, 0.6) is 5.75 Å². The van der Waals surface area contributed by atoms with Crippen molar-refractivity contribution in [3.05, 3.63) is 65.7 Å². The van der Waals surface area contributed by atoms with E-state index in [1.807, 2.05) is 25.1 Å². The molecule has 1 N–H and O–H groups in total. The predicted molar refractivity (Wildman–Crippen MR) is 108 cm³/mol. The monoisotopic (exact) mass is 394 g/mol. The summed E-state index contributed by atoms with van der Waals surface area (Å²) in [4.78, 5) is 37.5. The molecule has 0 aliphatic carbocycles. The third kappa shape index (κ3) is 4.45. The van der Waals surface area contributed by atoms with E-state index in [-0.39, 0.29) is 31.4 Å². The fraction of sp³-hybridized carbons (Fsp3) is 0.227. The molecule has 2 amide bonds. The number of nitrogens with zero attached hydrogens (tertiary/aromatic N) is 1. The molecule has 0 unspecified atom stereocenters. The zero-order valence-corrected chi connectivity index (χ0v) is 16.4. The molecule has 29 heavy (non-hydrogen) atoms. The molecule has 3 rings (SSSR count). The minimum Gasteiger partial charge on any atom is -0.482 e. The van der Waals surface area contributed by atoms with Crippen molar-refractivity contribution in [3.63, 3.8) is 0 Å². The van der Waals surface area contributed by atoms with Crippen LogP contribution in [0.4, 0.5) is 5.69 Å². The molecule has 0 aromatic heterocycles. The van der Waals surface area contributed by atoms with Gasteiger partial charge >= 0.3 is 5.97 Å². The number of carbonyl (C=O) groups is 3. The average Bonchev–Trinajstić information content (AvgIpc) is 2.96. The first-order valence-electron chi connectivity index (χ1n) is 9.11. The first-order chi connectivity index (χ1) is 13.9. The highest BCUT2D eigenvalue weighted by atomic mass is 16.6. The summed E-state index contributed by atoms with van der Waals surface area (Å²) in [6.07, 6.45) is 0.138. The minimum atomic E-state index is -0.472. The van der Waals surface area contributed by atoms with Crippen LogP contribution in [0, 0.1) is 6.92 Å². The smallest absolute Gasteiger partial charge is 0.343 e. The highest BCUT2D eigenvalue weighted by molar-refractivity contribution is 6.09. The van der Waals surface area contributed by atoms with Gasteiger partial charge in [0.05, 0.1) is 7.11 Å². The molecular formula is C22H22N2O5. The van der Waals surface area contributed by atoms with E-state index < -0.39 is 5.97 Å². The molecule has 150 valence electrons. The number of nitrogens with one attached hydrogen (secondary N) is 1. The molecule has 2 aromatic carbocycles. The summed E-state index contributed by atoms with van der Waals surface area (Å²) in [5.74, 6) is -0.322. The quantitative estimate of drug-likeness (QED) is 0.730. The number of fused-ring (bicyclic) bond motifs is 1. The highest BCUT2D eigenvalue weighted by Crippen LogP contribution is 2.31. The van der Waals surface area contributed by atoms with Gasteiger partial charge in [0.15, 0.2) is 6.61 Å². The molecule has 1 aliphatic rings. The Balaban J connectivity index is 1.56. The maximum Gasteiger partial charge on any atom is 0.343 e. The van der Waals surface area contributed by atoms with Crippen molar-refractivity contribution >= 4 is 29.2 Å². The Morgan fingerprint density at radius 1 is 1.14 bits per heavy atom. The molecule has 0 saturated heterocycles. The third-order valence-corrected chi connectivity index (χ3v) is 4.66. The van der Waals surface area contributed by atoms with Crippen molar-refractivity contribution in [1.29, 1.82) is 0 Å². The number of benzene rings is 2. The Bertz CT molecular complexity index is 948. The average molecular weight is 394 g/mol. The Kier molecular flexibility index (Phi) is 5.97. The number of ether oxygens (including phenoxy) is 2. The molecule has 7 heteroatoms. The normalized spacial score (nSPS) is 12.6. The Labute approximate surface area is 168 Å². The van der Waals surface area contributed by atoms with E-state index in [9.17, 15) is 14.4 Å². The maximum atomic E-state index is 12.5. The molecule has 2 aromatic rings. The molecular weight excluding hydrogens is 372 g/mol. The summed E-state index contributed by atoms with van der Waals surface area (Å²) in [6, 6.07) is 12.4. The van der Waals surface area contributed by atoms with Crippen molar-refractivity contribution in [2.24, 2.45) is 0 Å². The molecule has 7 nitrogen and oxygen atoms in total. The van der Waals surface area contributed by atoms with Gasteiger partial charge in [-0.05, 0) is 36.8 Å². The number of esters is 1. The van der Waals surface area contributed by atoms with Gasteiger partial charge in [-0.1, -0.05) is 24.8 Å². The van der Waals surface area contributed by atoms with Crippen molar-refractivity contribution in [3.8, 4) is 5.75 Å². The van der Waals surface area contributed by atoms with E-state index in [4.69, 9.17) is 4.74 Å². The number of hydrogen-bond acceptors (Lipinski definition) is 5. The molecule has 1 aliphatic heterocycles. The summed E-state index contributed by atoms with van der Waals surface area (Å²) >= 11 is 0. The van der Waals surface area contributed by atoms with Crippen LogP contribution < -0.4 is 10.1 Å². The van der Waals surface area contributed by atoms with Crippen LogP contribution in [-0.2, 0) is 14.3 Å². The third-order valence-electron chi connectivity index (χ3n) is 4.66. The lowest BCUT2D eigenvalue weighted by Crippen LogP contribution is -2.27. The van der Waals surface area contributed by atoms with Crippen LogP contribution in [-0.4, -0.2) is 42.9 Å². The molecule has 0 fully saturated rings. The van der Waals surface area contributed by atoms with Gasteiger partial charge in [-0.15, -0.1) is 0 Å². The molecule has 1 heterocycles. The van der Waals surface area contributed by atoms with Crippen molar-refractivity contribution < 1.29 is 23.9 Å². The van der Waals surface area contributed by atoms with Gasteiger partial charge in [0, 0.05) is 35.5 Å². The standard InChI is InChI=1S/C22H22N2O5/c1-14-12-16(29-13-21(26)28-3)8-9-19(14)23-20(25)10-11-24-15(2)17-6-4-5-7-18(17)22(24)27/h4-9,12H,2,10-11,13H2,1,3H3,(H,23,25). The van der Waals surface area contributed by atoms with Crippen LogP contribution in [0.2, 0.25) is 0 Å². The summed E-state index contributed by atoms with van der Waals surface area (Å²) in [5.41, 5.74) is 3.44. The number of methoxy groups -OCH3 is 1. The SMILES string of the molecule is C=C1c2ccccc2C(=O)N1CCC(=O)Nc1ccc(OCC(=O)OC)cc1C. The number of anilines is 1. The highest BCUT2D eigenvalue weighted by Gasteiger charge is 2.30. The molecule has 0 radical (unpaired) electrons. The fourth-order valence-electron chi connectivity index (χ4n) is 3.06. The topological polar surface area (TPSA) is 84.9 Å². The summed E-state index contributed by atoms with van der Waals surface area (Å²) < 4.78 is 9.86. The fourth-order valence-corrected chi connectivity index (χ4v) is 3.06. The second-order valence-electron chi connectivity index (χ2n) is 6.59. The zero-order chi connectivity index (χ0) is 21.0. The van der Waals surface area contributed by atoms with E-state index in [2.05, 4.69) is 16.6 Å². The summed E-state index contributed by atoms with van der Waals surface area (Å²) in [7, 11) is 1.29. The van der Waals surface area contributed by atoms with Crippen LogP contribution >= 0.6 is 0 Å². The van der Waals surface area contributed by atoms with Crippen LogP contribution in [0.1, 0.15) is 27.9 Å². The zero-order valence-electron chi connectivity index (χ0n) is 16.4. The number of hydrogen-bond donors (Lipinski definition) is 1. The number of carbonyl (C=O) groups excluding carboxylic acids is 3. The molecule has 0 saturated carbocycles.